The highest BCUT2D eigenvalue weighted by Gasteiger charge is 2.20. The Morgan fingerprint density at radius 1 is 1.20 bits per heavy atom. The molecule has 0 heterocycles. The Hall–Kier alpha value is -2.81. The fourth-order valence-corrected chi connectivity index (χ4v) is 2.37. The van der Waals surface area contributed by atoms with E-state index in [0.29, 0.717) is 5.69 Å². The SMILES string of the molecule is C#CCNC(=O)CC(CC(=O)CCC(=O)OCC)c1ccc(N)cc1. The first-order chi connectivity index (χ1) is 12.0. The number of rotatable bonds is 10. The second-order valence-corrected chi connectivity index (χ2v) is 5.60. The summed E-state index contributed by atoms with van der Waals surface area (Å²) in [6.45, 7) is 2.15. The molecule has 1 unspecified atom stereocenters. The zero-order chi connectivity index (χ0) is 18.7. The van der Waals surface area contributed by atoms with Gasteiger partial charge in [0.2, 0.25) is 5.91 Å². The summed E-state index contributed by atoms with van der Waals surface area (Å²) in [5.41, 5.74) is 7.13. The van der Waals surface area contributed by atoms with Crippen LogP contribution in [0.1, 0.15) is 44.1 Å². The lowest BCUT2D eigenvalue weighted by atomic mass is 9.89. The Labute approximate surface area is 148 Å². The molecule has 0 bridgehead atoms. The quantitative estimate of drug-likeness (QED) is 0.383. The van der Waals surface area contributed by atoms with Gasteiger partial charge < -0.3 is 15.8 Å². The minimum Gasteiger partial charge on any atom is -0.466 e. The predicted octanol–water partition coefficient (Wildman–Crippen LogP) is 1.79. The molecular weight excluding hydrogens is 320 g/mol. The topological polar surface area (TPSA) is 98.5 Å². The number of carbonyl (C=O) groups is 3. The first kappa shape index (κ1) is 20.2. The Morgan fingerprint density at radius 2 is 1.88 bits per heavy atom. The Morgan fingerprint density at radius 3 is 2.48 bits per heavy atom. The molecule has 0 spiro atoms. The normalized spacial score (nSPS) is 11.2. The number of nitrogen functional groups attached to an aromatic ring is 1. The van der Waals surface area contributed by atoms with Gasteiger partial charge >= 0.3 is 5.97 Å². The summed E-state index contributed by atoms with van der Waals surface area (Å²) in [6.07, 6.45) is 5.57. The van der Waals surface area contributed by atoms with E-state index >= 15 is 0 Å². The Bertz CT molecular complexity index is 632. The van der Waals surface area contributed by atoms with E-state index in [1.165, 1.54) is 0 Å². The molecule has 134 valence electrons. The van der Waals surface area contributed by atoms with E-state index in [1.807, 2.05) is 0 Å². The zero-order valence-corrected chi connectivity index (χ0v) is 14.4. The molecule has 0 saturated carbocycles. The highest BCUT2D eigenvalue weighted by atomic mass is 16.5. The number of hydrogen-bond acceptors (Lipinski definition) is 5. The van der Waals surface area contributed by atoms with Crippen molar-refractivity contribution >= 4 is 23.3 Å². The van der Waals surface area contributed by atoms with Crippen molar-refractivity contribution in [1.82, 2.24) is 5.32 Å². The monoisotopic (exact) mass is 344 g/mol. The smallest absolute Gasteiger partial charge is 0.306 e. The molecule has 0 aliphatic carbocycles. The summed E-state index contributed by atoms with van der Waals surface area (Å²) in [5, 5.41) is 2.60. The molecule has 0 aliphatic rings. The van der Waals surface area contributed by atoms with Crippen LogP contribution in [0.15, 0.2) is 24.3 Å². The number of nitrogens with one attached hydrogen (secondary N) is 1. The van der Waals surface area contributed by atoms with Crippen LogP contribution in [0.4, 0.5) is 5.69 Å². The molecule has 1 aromatic rings. The predicted molar refractivity (Wildman–Crippen MR) is 95.5 cm³/mol. The van der Waals surface area contributed by atoms with Gasteiger partial charge in [-0.25, -0.2) is 0 Å². The minimum absolute atomic E-state index is 0.0461. The van der Waals surface area contributed by atoms with Crippen LogP contribution in [-0.2, 0) is 19.1 Å². The fourth-order valence-electron chi connectivity index (χ4n) is 2.37. The van der Waals surface area contributed by atoms with E-state index in [0.717, 1.165) is 5.56 Å². The number of anilines is 1. The van der Waals surface area contributed by atoms with Crippen LogP contribution >= 0.6 is 0 Å². The molecule has 1 atom stereocenters. The summed E-state index contributed by atoms with van der Waals surface area (Å²) >= 11 is 0. The number of ether oxygens (including phenoxy) is 1. The number of terminal acetylenes is 1. The molecule has 0 radical (unpaired) electrons. The average Bonchev–Trinajstić information content (AvgIpc) is 2.58. The van der Waals surface area contributed by atoms with E-state index in [1.54, 1.807) is 31.2 Å². The van der Waals surface area contributed by atoms with Gasteiger partial charge in [0.15, 0.2) is 0 Å². The first-order valence-corrected chi connectivity index (χ1v) is 8.19. The molecule has 1 aromatic carbocycles. The molecule has 6 heteroatoms. The number of carbonyl (C=O) groups excluding carboxylic acids is 3. The third-order valence-electron chi connectivity index (χ3n) is 3.61. The summed E-state index contributed by atoms with van der Waals surface area (Å²) < 4.78 is 4.82. The highest BCUT2D eigenvalue weighted by molar-refractivity contribution is 5.84. The third kappa shape index (κ3) is 8.02. The van der Waals surface area contributed by atoms with Crippen molar-refractivity contribution in [3.8, 4) is 12.3 Å². The van der Waals surface area contributed by atoms with Crippen LogP contribution in [0.3, 0.4) is 0 Å². The third-order valence-corrected chi connectivity index (χ3v) is 3.61. The van der Waals surface area contributed by atoms with Gasteiger partial charge in [-0.1, -0.05) is 18.1 Å². The molecule has 25 heavy (non-hydrogen) atoms. The number of nitrogens with two attached hydrogens (primary N) is 1. The van der Waals surface area contributed by atoms with Gasteiger partial charge in [-0.3, -0.25) is 14.4 Å². The van der Waals surface area contributed by atoms with Crippen LogP contribution in [-0.4, -0.2) is 30.8 Å². The molecule has 3 N–H and O–H groups in total. The van der Waals surface area contributed by atoms with Crippen LogP contribution < -0.4 is 11.1 Å². The molecule has 1 amide bonds. The number of amides is 1. The summed E-state index contributed by atoms with van der Waals surface area (Å²) in [4.78, 5) is 35.5. The molecule has 0 fully saturated rings. The maximum Gasteiger partial charge on any atom is 0.306 e. The summed E-state index contributed by atoms with van der Waals surface area (Å²) in [6, 6.07) is 7.05. The second kappa shape index (κ2) is 10.9. The zero-order valence-electron chi connectivity index (χ0n) is 14.4. The van der Waals surface area contributed by atoms with Gasteiger partial charge in [0, 0.05) is 24.9 Å². The average molecular weight is 344 g/mol. The van der Waals surface area contributed by atoms with Crippen molar-refractivity contribution in [2.24, 2.45) is 0 Å². The van der Waals surface area contributed by atoms with Crippen molar-refractivity contribution in [3.05, 3.63) is 29.8 Å². The van der Waals surface area contributed by atoms with Crippen molar-refractivity contribution < 1.29 is 19.1 Å². The van der Waals surface area contributed by atoms with E-state index < -0.39 is 5.97 Å². The highest BCUT2D eigenvalue weighted by Crippen LogP contribution is 2.25. The van der Waals surface area contributed by atoms with Gasteiger partial charge in [0.05, 0.1) is 19.6 Å². The van der Waals surface area contributed by atoms with Gasteiger partial charge in [-0.15, -0.1) is 6.42 Å². The van der Waals surface area contributed by atoms with Gasteiger partial charge in [0.1, 0.15) is 5.78 Å². The van der Waals surface area contributed by atoms with Crippen LogP contribution in [0.5, 0.6) is 0 Å². The molecule has 0 aromatic heterocycles. The van der Waals surface area contributed by atoms with Crippen molar-refractivity contribution in [2.45, 2.75) is 38.5 Å². The van der Waals surface area contributed by atoms with E-state index in [9.17, 15) is 14.4 Å². The molecule has 0 saturated heterocycles. The first-order valence-electron chi connectivity index (χ1n) is 8.19. The number of Topliss-reactive ketones (excluding diaryl/α,β-unsaturated/α-hetero) is 1. The summed E-state index contributed by atoms with van der Waals surface area (Å²) in [7, 11) is 0. The minimum atomic E-state index is -0.397. The Balaban J connectivity index is 2.72. The number of esters is 1. The lowest BCUT2D eigenvalue weighted by Crippen LogP contribution is -2.26. The molecule has 1 rings (SSSR count). The lowest BCUT2D eigenvalue weighted by molar-refractivity contribution is -0.144. The number of ketones is 1. The maximum atomic E-state index is 12.2. The van der Waals surface area contributed by atoms with Gasteiger partial charge in [0.25, 0.3) is 0 Å². The fraction of sp³-hybridized carbons (Fsp3) is 0.421. The largest absolute Gasteiger partial charge is 0.466 e. The Kier molecular flexibility index (Phi) is 8.80. The lowest BCUT2D eigenvalue weighted by Gasteiger charge is -2.16. The second-order valence-electron chi connectivity index (χ2n) is 5.60. The van der Waals surface area contributed by atoms with Crippen LogP contribution in [0.25, 0.3) is 0 Å². The molecule has 0 aliphatic heterocycles. The van der Waals surface area contributed by atoms with E-state index in [2.05, 4.69) is 11.2 Å². The number of hydrogen-bond donors (Lipinski definition) is 2. The van der Waals surface area contributed by atoms with Crippen molar-refractivity contribution in [3.63, 3.8) is 0 Å². The van der Waals surface area contributed by atoms with E-state index in [-0.39, 0.29) is 56.4 Å². The van der Waals surface area contributed by atoms with Crippen molar-refractivity contribution in [1.29, 1.82) is 0 Å². The van der Waals surface area contributed by atoms with Gasteiger partial charge in [-0.2, -0.15) is 0 Å². The maximum absolute atomic E-state index is 12.2. The number of benzene rings is 1. The van der Waals surface area contributed by atoms with Crippen molar-refractivity contribution in [2.75, 3.05) is 18.9 Å². The van der Waals surface area contributed by atoms with Crippen LogP contribution in [0, 0.1) is 12.3 Å². The standard InChI is InChI=1S/C19H24N2O4/c1-3-11-21-18(23)13-15(14-5-7-16(20)8-6-14)12-17(22)9-10-19(24)25-4-2/h1,5-8,15H,4,9-13,20H2,2H3,(H,21,23). The summed E-state index contributed by atoms with van der Waals surface area (Å²) in [5.74, 6) is 1.32. The molecular formula is C19H24N2O4. The van der Waals surface area contributed by atoms with Crippen LogP contribution in [0.2, 0.25) is 0 Å². The van der Waals surface area contributed by atoms with Gasteiger partial charge in [-0.05, 0) is 30.5 Å². The van der Waals surface area contributed by atoms with E-state index in [4.69, 9.17) is 16.9 Å². The molecule has 6 nitrogen and oxygen atoms in total.